The lowest BCUT2D eigenvalue weighted by Crippen LogP contribution is -2.35. The molecule has 0 aromatic heterocycles. The van der Waals surface area contributed by atoms with Crippen molar-refractivity contribution in [3.8, 4) is 5.75 Å². The van der Waals surface area contributed by atoms with E-state index >= 15 is 0 Å². The van der Waals surface area contributed by atoms with Crippen LogP contribution in [0.1, 0.15) is 40.7 Å². The Morgan fingerprint density at radius 2 is 1.83 bits per heavy atom. The minimum absolute atomic E-state index is 0.165. The second kappa shape index (κ2) is 9.41. The highest BCUT2D eigenvalue weighted by Gasteiger charge is 2.26. The molecule has 1 aliphatic heterocycles. The number of piperidine rings is 1. The number of hydrogen-bond donors (Lipinski definition) is 1. The number of rotatable bonds is 7. The van der Waals surface area contributed by atoms with Crippen molar-refractivity contribution in [2.75, 3.05) is 26.2 Å². The van der Waals surface area contributed by atoms with E-state index in [0.717, 1.165) is 30.6 Å². The fourth-order valence-electron chi connectivity index (χ4n) is 3.44. The Morgan fingerprint density at radius 3 is 2.55 bits per heavy atom. The SMILES string of the molecule is Cc1ccc(OCCNC(=O)c2cccc(S(=O)(=O)N3CCCCC3)c2)c(C)c1. The van der Waals surface area contributed by atoms with Crippen LogP contribution in [0.5, 0.6) is 5.75 Å². The smallest absolute Gasteiger partial charge is 0.251 e. The summed E-state index contributed by atoms with van der Waals surface area (Å²) in [7, 11) is -3.56. The predicted octanol–water partition coefficient (Wildman–Crippen LogP) is 3.29. The van der Waals surface area contributed by atoms with Crippen LogP contribution in [0.15, 0.2) is 47.4 Å². The van der Waals surface area contributed by atoms with Crippen LogP contribution in [0.4, 0.5) is 0 Å². The molecule has 0 radical (unpaired) electrons. The molecule has 1 N–H and O–H groups in total. The van der Waals surface area contributed by atoms with Gasteiger partial charge < -0.3 is 10.1 Å². The summed E-state index contributed by atoms with van der Waals surface area (Å²) in [5.41, 5.74) is 2.55. The molecular weight excluding hydrogens is 388 g/mol. The molecule has 0 spiro atoms. The highest BCUT2D eigenvalue weighted by molar-refractivity contribution is 7.89. The van der Waals surface area contributed by atoms with Gasteiger partial charge in [-0.15, -0.1) is 0 Å². The van der Waals surface area contributed by atoms with Gasteiger partial charge in [0.2, 0.25) is 10.0 Å². The summed E-state index contributed by atoms with van der Waals surface area (Å²) < 4.78 is 32.8. The lowest BCUT2D eigenvalue weighted by Gasteiger charge is -2.26. The van der Waals surface area contributed by atoms with Crippen LogP contribution in [0, 0.1) is 13.8 Å². The summed E-state index contributed by atoms with van der Waals surface area (Å²) in [6.07, 6.45) is 2.80. The number of aryl methyl sites for hydroxylation is 2. The van der Waals surface area contributed by atoms with Gasteiger partial charge in [-0.2, -0.15) is 4.31 Å². The summed E-state index contributed by atoms with van der Waals surface area (Å²) in [5, 5.41) is 2.79. The van der Waals surface area contributed by atoms with Crippen LogP contribution in [0.25, 0.3) is 0 Å². The number of sulfonamides is 1. The molecule has 2 aromatic carbocycles. The number of carbonyl (C=O) groups excluding carboxylic acids is 1. The van der Waals surface area contributed by atoms with Crippen LogP contribution < -0.4 is 10.1 Å². The van der Waals surface area contributed by atoms with Gasteiger partial charge in [-0.25, -0.2) is 8.42 Å². The second-order valence-corrected chi connectivity index (χ2v) is 9.30. The van der Waals surface area contributed by atoms with Crippen molar-refractivity contribution in [3.63, 3.8) is 0 Å². The van der Waals surface area contributed by atoms with Crippen molar-refractivity contribution < 1.29 is 17.9 Å². The van der Waals surface area contributed by atoms with E-state index in [9.17, 15) is 13.2 Å². The molecule has 29 heavy (non-hydrogen) atoms. The van der Waals surface area contributed by atoms with E-state index in [4.69, 9.17) is 4.74 Å². The highest BCUT2D eigenvalue weighted by Crippen LogP contribution is 2.21. The molecule has 0 bridgehead atoms. The van der Waals surface area contributed by atoms with Crippen LogP contribution in [0.2, 0.25) is 0 Å². The third-order valence-corrected chi connectivity index (χ3v) is 6.92. The molecule has 1 fully saturated rings. The fourth-order valence-corrected chi connectivity index (χ4v) is 5.00. The van der Waals surface area contributed by atoms with Crippen LogP contribution in [-0.2, 0) is 10.0 Å². The van der Waals surface area contributed by atoms with E-state index in [-0.39, 0.29) is 10.8 Å². The summed E-state index contributed by atoms with van der Waals surface area (Å²) in [6, 6.07) is 12.2. The first kappa shape index (κ1) is 21.3. The molecule has 0 unspecified atom stereocenters. The first-order chi connectivity index (χ1) is 13.9. The zero-order chi connectivity index (χ0) is 20.9. The summed E-state index contributed by atoms with van der Waals surface area (Å²) in [6.45, 7) is 5.74. The fraction of sp³-hybridized carbons (Fsp3) is 0.409. The predicted molar refractivity (Wildman–Crippen MR) is 113 cm³/mol. The molecular formula is C22H28N2O4S. The van der Waals surface area contributed by atoms with Gasteiger partial charge in [-0.3, -0.25) is 4.79 Å². The van der Waals surface area contributed by atoms with E-state index in [2.05, 4.69) is 5.32 Å². The molecule has 156 valence electrons. The average molecular weight is 417 g/mol. The average Bonchev–Trinajstić information content (AvgIpc) is 2.73. The summed E-state index contributed by atoms with van der Waals surface area (Å²) in [4.78, 5) is 12.6. The maximum Gasteiger partial charge on any atom is 0.251 e. The Balaban J connectivity index is 1.58. The van der Waals surface area contributed by atoms with Crippen molar-refractivity contribution in [1.29, 1.82) is 0 Å². The topological polar surface area (TPSA) is 75.7 Å². The van der Waals surface area contributed by atoms with Crippen molar-refractivity contribution in [2.24, 2.45) is 0 Å². The first-order valence-electron chi connectivity index (χ1n) is 9.96. The zero-order valence-electron chi connectivity index (χ0n) is 17.0. The normalized spacial score (nSPS) is 15.1. The molecule has 1 amide bonds. The molecule has 1 heterocycles. The van der Waals surface area contributed by atoms with Gasteiger partial charge in [0.25, 0.3) is 5.91 Å². The van der Waals surface area contributed by atoms with E-state index < -0.39 is 10.0 Å². The molecule has 0 aliphatic carbocycles. The molecule has 2 aromatic rings. The Morgan fingerprint density at radius 1 is 1.07 bits per heavy atom. The minimum Gasteiger partial charge on any atom is -0.491 e. The van der Waals surface area contributed by atoms with Crippen LogP contribution >= 0.6 is 0 Å². The van der Waals surface area contributed by atoms with Crippen LogP contribution in [-0.4, -0.2) is 44.9 Å². The van der Waals surface area contributed by atoms with Gasteiger partial charge >= 0.3 is 0 Å². The summed E-state index contributed by atoms with van der Waals surface area (Å²) >= 11 is 0. The van der Waals surface area contributed by atoms with E-state index in [1.54, 1.807) is 18.2 Å². The molecule has 3 rings (SSSR count). The maximum absolute atomic E-state index is 12.8. The molecule has 1 aliphatic rings. The zero-order valence-corrected chi connectivity index (χ0v) is 17.8. The van der Waals surface area contributed by atoms with Gasteiger partial charge in [0, 0.05) is 18.7 Å². The van der Waals surface area contributed by atoms with Gasteiger partial charge in [0.15, 0.2) is 0 Å². The van der Waals surface area contributed by atoms with Crippen molar-refractivity contribution >= 4 is 15.9 Å². The molecule has 6 nitrogen and oxygen atoms in total. The Kier molecular flexibility index (Phi) is 6.92. The van der Waals surface area contributed by atoms with Gasteiger partial charge in [-0.05, 0) is 56.5 Å². The third kappa shape index (κ3) is 5.36. The first-order valence-corrected chi connectivity index (χ1v) is 11.4. The molecule has 0 atom stereocenters. The minimum atomic E-state index is -3.56. The Labute approximate surface area is 172 Å². The van der Waals surface area contributed by atoms with E-state index in [1.807, 2.05) is 32.0 Å². The van der Waals surface area contributed by atoms with E-state index in [1.165, 1.54) is 15.9 Å². The Bertz CT molecular complexity index is 967. The monoisotopic (exact) mass is 416 g/mol. The lowest BCUT2D eigenvalue weighted by atomic mass is 10.1. The van der Waals surface area contributed by atoms with Gasteiger partial charge in [-0.1, -0.05) is 30.2 Å². The van der Waals surface area contributed by atoms with Crippen LogP contribution in [0.3, 0.4) is 0 Å². The maximum atomic E-state index is 12.8. The number of nitrogens with one attached hydrogen (secondary N) is 1. The van der Waals surface area contributed by atoms with Gasteiger partial charge in [0.05, 0.1) is 11.4 Å². The number of nitrogens with zero attached hydrogens (tertiary/aromatic N) is 1. The summed E-state index contributed by atoms with van der Waals surface area (Å²) in [5.74, 6) is 0.476. The number of ether oxygens (including phenoxy) is 1. The number of benzene rings is 2. The third-order valence-electron chi connectivity index (χ3n) is 5.02. The number of hydrogen-bond acceptors (Lipinski definition) is 4. The lowest BCUT2D eigenvalue weighted by molar-refractivity contribution is 0.0946. The number of amides is 1. The molecule has 7 heteroatoms. The number of carbonyl (C=O) groups is 1. The second-order valence-electron chi connectivity index (χ2n) is 7.37. The van der Waals surface area contributed by atoms with Crippen molar-refractivity contribution in [3.05, 3.63) is 59.2 Å². The highest BCUT2D eigenvalue weighted by atomic mass is 32.2. The van der Waals surface area contributed by atoms with E-state index in [0.29, 0.717) is 31.8 Å². The quantitative estimate of drug-likeness (QED) is 0.703. The Hall–Kier alpha value is -2.38. The standard InChI is InChI=1S/C22H28N2O4S/c1-17-9-10-21(18(2)15-17)28-14-11-23-22(25)19-7-6-8-20(16-19)29(26,27)24-12-4-3-5-13-24/h6-10,15-16H,3-5,11-14H2,1-2H3,(H,23,25). The molecule has 1 saturated heterocycles. The van der Waals surface area contributed by atoms with Gasteiger partial charge in [0.1, 0.15) is 12.4 Å². The van der Waals surface area contributed by atoms with Crippen molar-refractivity contribution in [2.45, 2.75) is 38.0 Å². The van der Waals surface area contributed by atoms with Crippen molar-refractivity contribution in [1.82, 2.24) is 9.62 Å². The largest absolute Gasteiger partial charge is 0.491 e. The molecule has 0 saturated carbocycles.